The molecule has 10 heteroatoms. The standard InChI is InChI=1S/C26H28F3N5O2/c1-17(2)34-22-9-8-19(14-21(22)30-25(34)26(27,28)29)24(36)33-15-20(16-33)31-10-12-32(13-11-31)23(35)18-6-4-3-5-7-18/h3-9,14,17,20H,10-13,15-16H2,1-2H3. The van der Waals surface area contributed by atoms with E-state index in [1.807, 2.05) is 35.2 Å². The van der Waals surface area contributed by atoms with E-state index in [4.69, 9.17) is 0 Å². The maximum absolute atomic E-state index is 13.5. The van der Waals surface area contributed by atoms with Gasteiger partial charge in [-0.05, 0) is 44.2 Å². The average Bonchev–Trinajstić information content (AvgIpc) is 3.23. The van der Waals surface area contributed by atoms with Crippen molar-refractivity contribution in [1.82, 2.24) is 24.3 Å². The molecule has 0 atom stereocenters. The van der Waals surface area contributed by atoms with Crippen molar-refractivity contribution in [3.05, 3.63) is 65.5 Å². The number of fused-ring (bicyclic) bond motifs is 1. The summed E-state index contributed by atoms with van der Waals surface area (Å²) in [6.45, 7) is 7.20. The van der Waals surface area contributed by atoms with Crippen LogP contribution in [0.4, 0.5) is 13.2 Å². The fraction of sp³-hybridized carbons (Fsp3) is 0.423. The van der Waals surface area contributed by atoms with E-state index >= 15 is 0 Å². The summed E-state index contributed by atoms with van der Waals surface area (Å²) in [6, 6.07) is 13.6. The molecule has 0 aliphatic carbocycles. The van der Waals surface area contributed by atoms with E-state index in [-0.39, 0.29) is 23.4 Å². The van der Waals surface area contributed by atoms with Gasteiger partial charge in [-0.3, -0.25) is 14.5 Å². The van der Waals surface area contributed by atoms with Gasteiger partial charge in [-0.15, -0.1) is 0 Å². The number of alkyl halides is 3. The summed E-state index contributed by atoms with van der Waals surface area (Å²) in [7, 11) is 0. The largest absolute Gasteiger partial charge is 0.449 e. The van der Waals surface area contributed by atoms with E-state index in [0.717, 1.165) is 17.7 Å². The molecule has 0 saturated carbocycles. The first kappa shape index (κ1) is 24.3. The Labute approximate surface area is 207 Å². The molecule has 1 aromatic heterocycles. The number of aromatic nitrogens is 2. The summed E-state index contributed by atoms with van der Waals surface area (Å²) in [5.41, 5.74) is 1.54. The molecule has 0 unspecified atom stereocenters. The van der Waals surface area contributed by atoms with Crippen molar-refractivity contribution in [2.75, 3.05) is 39.3 Å². The van der Waals surface area contributed by atoms with E-state index in [9.17, 15) is 22.8 Å². The van der Waals surface area contributed by atoms with Crippen molar-refractivity contribution in [3.8, 4) is 0 Å². The van der Waals surface area contributed by atoms with Gasteiger partial charge in [0.15, 0.2) is 0 Å². The summed E-state index contributed by atoms with van der Waals surface area (Å²) in [5, 5.41) is 0. The lowest BCUT2D eigenvalue weighted by Crippen LogP contribution is -2.64. The van der Waals surface area contributed by atoms with Gasteiger partial charge < -0.3 is 14.4 Å². The summed E-state index contributed by atoms with van der Waals surface area (Å²) >= 11 is 0. The number of rotatable bonds is 4. The zero-order valence-electron chi connectivity index (χ0n) is 20.2. The van der Waals surface area contributed by atoms with E-state index in [1.165, 1.54) is 6.07 Å². The highest BCUT2D eigenvalue weighted by atomic mass is 19.4. The van der Waals surface area contributed by atoms with Gasteiger partial charge in [0.05, 0.1) is 11.0 Å². The topological polar surface area (TPSA) is 61.7 Å². The molecule has 0 spiro atoms. The molecular weight excluding hydrogens is 471 g/mol. The number of benzene rings is 2. The Bertz CT molecular complexity index is 1270. The molecule has 0 bridgehead atoms. The van der Waals surface area contributed by atoms with Crippen LogP contribution in [0.15, 0.2) is 48.5 Å². The van der Waals surface area contributed by atoms with Crippen molar-refractivity contribution in [2.24, 2.45) is 0 Å². The van der Waals surface area contributed by atoms with Gasteiger partial charge >= 0.3 is 6.18 Å². The van der Waals surface area contributed by atoms with E-state index in [1.54, 1.807) is 30.9 Å². The molecule has 2 aliphatic heterocycles. The number of imidazole rings is 1. The molecule has 7 nitrogen and oxygen atoms in total. The number of likely N-dealkylation sites (tertiary alicyclic amines) is 1. The lowest BCUT2D eigenvalue weighted by atomic mass is 10.0. The molecule has 2 saturated heterocycles. The predicted molar refractivity (Wildman–Crippen MR) is 129 cm³/mol. The van der Waals surface area contributed by atoms with Gasteiger partial charge in [-0.1, -0.05) is 18.2 Å². The second-order valence-corrected chi connectivity index (χ2v) is 9.66. The van der Waals surface area contributed by atoms with Gasteiger partial charge in [-0.2, -0.15) is 13.2 Å². The summed E-state index contributed by atoms with van der Waals surface area (Å²) in [6.07, 6.45) is -4.58. The predicted octanol–water partition coefficient (Wildman–Crippen LogP) is 3.92. The molecule has 3 heterocycles. The Morgan fingerprint density at radius 2 is 1.53 bits per heavy atom. The van der Waals surface area contributed by atoms with Crippen molar-refractivity contribution in [2.45, 2.75) is 32.1 Å². The molecule has 2 aliphatic rings. The van der Waals surface area contributed by atoms with E-state index < -0.39 is 18.0 Å². The third-order valence-corrected chi connectivity index (χ3v) is 6.99. The monoisotopic (exact) mass is 499 g/mol. The van der Waals surface area contributed by atoms with Crippen LogP contribution in [-0.2, 0) is 6.18 Å². The quantitative estimate of drug-likeness (QED) is 0.546. The van der Waals surface area contributed by atoms with Gasteiger partial charge in [0.1, 0.15) is 0 Å². The lowest BCUT2D eigenvalue weighted by molar-refractivity contribution is -0.147. The van der Waals surface area contributed by atoms with E-state index in [2.05, 4.69) is 9.88 Å². The molecule has 0 radical (unpaired) electrons. The molecule has 2 aromatic carbocycles. The number of amides is 2. The minimum Gasteiger partial charge on any atom is -0.336 e. The molecular formula is C26H28F3N5O2. The zero-order valence-corrected chi connectivity index (χ0v) is 20.2. The first-order valence-corrected chi connectivity index (χ1v) is 12.1. The van der Waals surface area contributed by atoms with Crippen molar-refractivity contribution in [3.63, 3.8) is 0 Å². The normalized spacial score (nSPS) is 17.6. The highest BCUT2D eigenvalue weighted by Gasteiger charge is 2.39. The first-order chi connectivity index (χ1) is 17.1. The van der Waals surface area contributed by atoms with Crippen LogP contribution in [0.2, 0.25) is 0 Å². The zero-order chi connectivity index (χ0) is 25.6. The van der Waals surface area contributed by atoms with Crippen LogP contribution in [0.3, 0.4) is 0 Å². The maximum atomic E-state index is 13.5. The minimum atomic E-state index is -4.58. The summed E-state index contributed by atoms with van der Waals surface area (Å²) < 4.78 is 41.6. The Balaban J connectivity index is 1.20. The highest BCUT2D eigenvalue weighted by Crippen LogP contribution is 2.34. The van der Waals surface area contributed by atoms with Gasteiger partial charge in [0.25, 0.3) is 11.8 Å². The number of hydrogen-bond donors (Lipinski definition) is 0. The Morgan fingerprint density at radius 1 is 0.889 bits per heavy atom. The van der Waals surface area contributed by atoms with Crippen LogP contribution in [0.1, 0.15) is 46.4 Å². The number of carbonyl (C=O) groups is 2. The fourth-order valence-corrected chi connectivity index (χ4v) is 5.04. The molecule has 5 rings (SSSR count). The van der Waals surface area contributed by atoms with Gasteiger partial charge in [0.2, 0.25) is 5.82 Å². The fourth-order valence-electron chi connectivity index (χ4n) is 5.04. The number of carbonyl (C=O) groups excluding carboxylic acids is 2. The number of nitrogens with zero attached hydrogens (tertiary/aromatic N) is 5. The van der Waals surface area contributed by atoms with E-state index in [0.29, 0.717) is 42.8 Å². The van der Waals surface area contributed by atoms with Crippen LogP contribution < -0.4 is 0 Å². The maximum Gasteiger partial charge on any atom is 0.449 e. The number of hydrogen-bond acceptors (Lipinski definition) is 4. The first-order valence-electron chi connectivity index (χ1n) is 12.1. The molecule has 190 valence electrons. The van der Waals surface area contributed by atoms with Gasteiger partial charge in [0, 0.05) is 62.5 Å². The third kappa shape index (κ3) is 4.45. The Kier molecular flexibility index (Phi) is 6.23. The van der Waals surface area contributed by atoms with Crippen LogP contribution in [0.5, 0.6) is 0 Å². The smallest absolute Gasteiger partial charge is 0.336 e. The Hall–Kier alpha value is -3.40. The Morgan fingerprint density at radius 3 is 2.14 bits per heavy atom. The highest BCUT2D eigenvalue weighted by molar-refractivity contribution is 5.98. The van der Waals surface area contributed by atoms with Gasteiger partial charge in [-0.25, -0.2) is 4.98 Å². The minimum absolute atomic E-state index is 0.0321. The molecule has 2 fully saturated rings. The molecule has 36 heavy (non-hydrogen) atoms. The molecule has 2 amide bonds. The summed E-state index contributed by atoms with van der Waals surface area (Å²) in [5.74, 6) is -1.13. The van der Waals surface area contributed by atoms with Crippen molar-refractivity contribution >= 4 is 22.8 Å². The van der Waals surface area contributed by atoms with Crippen molar-refractivity contribution < 1.29 is 22.8 Å². The second kappa shape index (κ2) is 9.24. The van der Waals surface area contributed by atoms with Crippen LogP contribution in [-0.4, -0.2) is 81.4 Å². The van der Waals surface area contributed by atoms with Crippen LogP contribution in [0.25, 0.3) is 11.0 Å². The average molecular weight is 500 g/mol. The number of piperazine rings is 1. The summed E-state index contributed by atoms with van der Waals surface area (Å²) in [4.78, 5) is 35.3. The molecule has 0 N–H and O–H groups in total. The van der Waals surface area contributed by atoms with Crippen molar-refractivity contribution in [1.29, 1.82) is 0 Å². The lowest BCUT2D eigenvalue weighted by Gasteiger charge is -2.48. The number of halogens is 3. The van der Waals surface area contributed by atoms with Crippen LogP contribution >= 0.6 is 0 Å². The SMILES string of the molecule is CC(C)n1c(C(F)(F)F)nc2cc(C(=O)N3CC(N4CCN(C(=O)c5ccccc5)CC4)C3)ccc21. The molecule has 3 aromatic rings. The van der Waals surface area contributed by atoms with Crippen LogP contribution in [0, 0.1) is 0 Å². The third-order valence-electron chi connectivity index (χ3n) is 6.99. The second-order valence-electron chi connectivity index (χ2n) is 9.66.